The van der Waals surface area contributed by atoms with E-state index >= 15 is 0 Å². The van der Waals surface area contributed by atoms with Crippen LogP contribution in [0.15, 0.2) is 28.7 Å². The number of amides is 1. The van der Waals surface area contributed by atoms with Crippen LogP contribution in [0.1, 0.15) is 27.2 Å². The Morgan fingerprint density at radius 3 is 2.52 bits per heavy atom. The van der Waals surface area contributed by atoms with Gasteiger partial charge < -0.3 is 14.6 Å². The molecule has 0 bridgehead atoms. The maximum atomic E-state index is 12.2. The molecule has 0 aliphatic carbocycles. The molecule has 1 saturated heterocycles. The van der Waals surface area contributed by atoms with Gasteiger partial charge in [0.05, 0.1) is 11.0 Å². The van der Waals surface area contributed by atoms with Gasteiger partial charge in [0.2, 0.25) is 0 Å². The van der Waals surface area contributed by atoms with Crippen molar-refractivity contribution >= 4 is 28.0 Å². The molecule has 126 valence electrons. The number of likely N-dealkylation sites (tertiary alicyclic amines) is 1. The minimum absolute atomic E-state index is 0.174. The summed E-state index contributed by atoms with van der Waals surface area (Å²) in [5.74, 6) is -0.443. The summed E-state index contributed by atoms with van der Waals surface area (Å²) in [4.78, 5) is 24.9. The second-order valence-corrected chi connectivity index (χ2v) is 7.25. The molecule has 1 aliphatic rings. The van der Waals surface area contributed by atoms with Crippen LogP contribution in [0.25, 0.3) is 0 Å². The Labute approximate surface area is 143 Å². The van der Waals surface area contributed by atoms with Gasteiger partial charge >= 0.3 is 12.1 Å². The first-order chi connectivity index (χ1) is 10.7. The molecule has 7 heteroatoms. The molecular weight excluding hydrogens is 366 g/mol. The normalized spacial score (nSPS) is 21.1. The van der Waals surface area contributed by atoms with Gasteiger partial charge in [0, 0.05) is 6.42 Å². The van der Waals surface area contributed by atoms with Crippen LogP contribution in [0.5, 0.6) is 5.75 Å². The van der Waals surface area contributed by atoms with Crippen LogP contribution < -0.4 is 4.74 Å². The molecule has 6 nitrogen and oxygen atoms in total. The van der Waals surface area contributed by atoms with Crippen LogP contribution in [0.2, 0.25) is 0 Å². The van der Waals surface area contributed by atoms with E-state index in [0.717, 1.165) is 4.47 Å². The maximum Gasteiger partial charge on any atom is 0.411 e. The number of carboxylic acid groups (broad SMARTS) is 1. The highest BCUT2D eigenvalue weighted by molar-refractivity contribution is 9.10. The molecule has 1 aliphatic heterocycles. The first-order valence-electron chi connectivity index (χ1n) is 7.31. The lowest BCUT2D eigenvalue weighted by atomic mass is 10.2. The fourth-order valence-electron chi connectivity index (χ4n) is 2.36. The van der Waals surface area contributed by atoms with Crippen LogP contribution in [0.3, 0.4) is 0 Å². The van der Waals surface area contributed by atoms with Crippen molar-refractivity contribution < 1.29 is 24.2 Å². The van der Waals surface area contributed by atoms with E-state index in [4.69, 9.17) is 9.47 Å². The fourth-order valence-corrected chi connectivity index (χ4v) is 2.74. The molecule has 1 heterocycles. The van der Waals surface area contributed by atoms with E-state index in [0.29, 0.717) is 5.75 Å². The Bertz CT molecular complexity index is 598. The topological polar surface area (TPSA) is 76.1 Å². The zero-order valence-electron chi connectivity index (χ0n) is 13.3. The molecule has 1 aromatic carbocycles. The highest BCUT2D eigenvalue weighted by Gasteiger charge is 2.42. The first-order valence-corrected chi connectivity index (χ1v) is 8.10. The van der Waals surface area contributed by atoms with Crippen LogP contribution in [-0.4, -0.2) is 46.4 Å². The quantitative estimate of drug-likeness (QED) is 0.863. The summed E-state index contributed by atoms with van der Waals surface area (Å²) in [6, 6.07) is 6.37. The highest BCUT2D eigenvalue weighted by Crippen LogP contribution is 2.29. The molecule has 0 saturated carbocycles. The van der Waals surface area contributed by atoms with Crippen molar-refractivity contribution in [2.75, 3.05) is 6.54 Å². The van der Waals surface area contributed by atoms with Crippen molar-refractivity contribution in [1.82, 2.24) is 4.90 Å². The molecule has 1 fully saturated rings. The third kappa shape index (κ3) is 4.60. The van der Waals surface area contributed by atoms with Gasteiger partial charge in [-0.2, -0.15) is 0 Å². The van der Waals surface area contributed by atoms with Crippen molar-refractivity contribution in [3.8, 4) is 5.75 Å². The molecule has 0 aromatic heterocycles. The van der Waals surface area contributed by atoms with E-state index in [2.05, 4.69) is 15.9 Å². The number of hydrogen-bond acceptors (Lipinski definition) is 4. The Morgan fingerprint density at radius 2 is 1.96 bits per heavy atom. The monoisotopic (exact) mass is 385 g/mol. The Morgan fingerprint density at radius 1 is 1.30 bits per heavy atom. The SMILES string of the molecule is CC(C)(C)OC(=O)N1C[C@@H](Oc2ccccc2Br)C[C@H]1C(=O)O. The van der Waals surface area contributed by atoms with Gasteiger partial charge in [-0.15, -0.1) is 0 Å². The van der Waals surface area contributed by atoms with Crippen molar-refractivity contribution in [3.63, 3.8) is 0 Å². The predicted molar refractivity (Wildman–Crippen MR) is 87.5 cm³/mol. The lowest BCUT2D eigenvalue weighted by Gasteiger charge is -2.26. The number of benzene rings is 1. The van der Waals surface area contributed by atoms with E-state index in [1.165, 1.54) is 4.90 Å². The molecule has 0 spiro atoms. The number of para-hydroxylation sites is 1. The summed E-state index contributed by atoms with van der Waals surface area (Å²) in [5.41, 5.74) is -0.679. The van der Waals surface area contributed by atoms with E-state index in [9.17, 15) is 14.7 Å². The summed E-state index contributed by atoms with van der Waals surface area (Å²) in [6.07, 6.45) is -0.818. The minimum Gasteiger partial charge on any atom is -0.487 e. The molecule has 1 amide bonds. The fraction of sp³-hybridized carbons (Fsp3) is 0.500. The van der Waals surface area contributed by atoms with Gasteiger partial charge in [-0.25, -0.2) is 9.59 Å². The third-order valence-corrected chi connectivity index (χ3v) is 3.96. The maximum absolute atomic E-state index is 12.2. The molecular formula is C16H20BrNO5. The second kappa shape index (κ2) is 6.78. The summed E-state index contributed by atoms with van der Waals surface area (Å²) < 4.78 is 11.9. The summed E-state index contributed by atoms with van der Waals surface area (Å²) in [6.45, 7) is 5.40. The largest absolute Gasteiger partial charge is 0.487 e. The Kier molecular flexibility index (Phi) is 5.19. The van der Waals surface area contributed by atoms with E-state index in [-0.39, 0.29) is 13.0 Å². The van der Waals surface area contributed by atoms with Gasteiger partial charge in [0.25, 0.3) is 0 Å². The summed E-state index contributed by atoms with van der Waals surface area (Å²) in [5, 5.41) is 9.36. The number of ether oxygens (including phenoxy) is 2. The Hall–Kier alpha value is -1.76. The van der Waals surface area contributed by atoms with Crippen LogP contribution in [0, 0.1) is 0 Å². The van der Waals surface area contributed by atoms with Gasteiger partial charge in [0.15, 0.2) is 0 Å². The van der Waals surface area contributed by atoms with E-state index < -0.39 is 29.8 Å². The van der Waals surface area contributed by atoms with E-state index in [1.54, 1.807) is 26.8 Å². The van der Waals surface area contributed by atoms with Gasteiger partial charge in [-0.3, -0.25) is 4.90 Å². The molecule has 1 aromatic rings. The molecule has 0 radical (unpaired) electrons. The molecule has 1 N–H and O–H groups in total. The third-order valence-electron chi connectivity index (χ3n) is 3.31. The number of hydrogen-bond donors (Lipinski definition) is 1. The number of aliphatic carboxylic acids is 1. The Balaban J connectivity index is 2.10. The van der Waals surface area contributed by atoms with E-state index in [1.807, 2.05) is 18.2 Å². The summed E-state index contributed by atoms with van der Waals surface area (Å²) >= 11 is 3.38. The first kappa shape index (κ1) is 17.6. The number of carbonyl (C=O) groups is 2. The number of nitrogens with zero attached hydrogens (tertiary/aromatic N) is 1. The smallest absolute Gasteiger partial charge is 0.411 e. The van der Waals surface area contributed by atoms with Gasteiger partial charge in [-0.05, 0) is 48.8 Å². The zero-order chi connectivity index (χ0) is 17.2. The highest BCUT2D eigenvalue weighted by atomic mass is 79.9. The lowest BCUT2D eigenvalue weighted by Crippen LogP contribution is -2.43. The molecule has 2 atom stereocenters. The number of rotatable bonds is 3. The molecule has 23 heavy (non-hydrogen) atoms. The molecule has 2 rings (SSSR count). The minimum atomic E-state index is -1.06. The number of carbonyl (C=O) groups excluding carboxylic acids is 1. The average Bonchev–Trinajstić information content (AvgIpc) is 2.84. The zero-order valence-corrected chi connectivity index (χ0v) is 14.9. The number of carboxylic acids is 1. The summed E-state index contributed by atoms with van der Waals surface area (Å²) in [7, 11) is 0. The van der Waals surface area contributed by atoms with Crippen LogP contribution >= 0.6 is 15.9 Å². The van der Waals surface area contributed by atoms with Gasteiger partial charge in [-0.1, -0.05) is 12.1 Å². The van der Waals surface area contributed by atoms with Crippen molar-refractivity contribution in [2.24, 2.45) is 0 Å². The van der Waals surface area contributed by atoms with Crippen LogP contribution in [-0.2, 0) is 9.53 Å². The van der Waals surface area contributed by atoms with Crippen LogP contribution in [0.4, 0.5) is 4.79 Å². The van der Waals surface area contributed by atoms with Crippen molar-refractivity contribution in [3.05, 3.63) is 28.7 Å². The standard InChI is InChI=1S/C16H20BrNO5/c1-16(2,3)23-15(21)18-9-10(8-12(18)14(19)20)22-13-7-5-4-6-11(13)17/h4-7,10,12H,8-9H2,1-3H3,(H,19,20)/t10-,12-/m0/s1. The van der Waals surface area contributed by atoms with Gasteiger partial charge in [0.1, 0.15) is 23.5 Å². The predicted octanol–water partition coefficient (Wildman–Crippen LogP) is 3.29. The van der Waals surface area contributed by atoms with Crippen molar-refractivity contribution in [1.29, 1.82) is 0 Å². The van der Waals surface area contributed by atoms with Crippen molar-refractivity contribution in [2.45, 2.75) is 44.9 Å². The second-order valence-electron chi connectivity index (χ2n) is 6.39. The average molecular weight is 386 g/mol. The number of halogens is 1. The molecule has 0 unspecified atom stereocenters. The lowest BCUT2D eigenvalue weighted by molar-refractivity contribution is -0.142.